The van der Waals surface area contributed by atoms with Crippen molar-refractivity contribution < 1.29 is 8.83 Å². The van der Waals surface area contributed by atoms with E-state index in [9.17, 15) is 0 Å². The molecule has 0 aliphatic carbocycles. The second kappa shape index (κ2) is 13.6. The number of para-hydroxylation sites is 3. The van der Waals surface area contributed by atoms with E-state index in [2.05, 4.69) is 199 Å². The predicted molar refractivity (Wildman–Crippen MR) is 237 cm³/mol. The van der Waals surface area contributed by atoms with Crippen LogP contribution in [0, 0.1) is 0 Å². The average molecular weight is 730 g/mol. The highest BCUT2D eigenvalue weighted by Crippen LogP contribution is 2.47. The Hall–Kier alpha value is -7.62. The van der Waals surface area contributed by atoms with Crippen LogP contribution in [0.2, 0.25) is 0 Å². The predicted octanol–water partition coefficient (Wildman–Crippen LogP) is 15.6. The summed E-state index contributed by atoms with van der Waals surface area (Å²) in [6.07, 6.45) is 0. The monoisotopic (exact) mass is 729 g/mol. The van der Waals surface area contributed by atoms with Gasteiger partial charge in [-0.15, -0.1) is 0 Å². The lowest BCUT2D eigenvalue weighted by atomic mass is 9.96. The second-order valence-corrected chi connectivity index (χ2v) is 14.5. The lowest BCUT2D eigenvalue weighted by Crippen LogP contribution is -2.11. The Morgan fingerprint density at radius 2 is 0.825 bits per heavy atom. The number of rotatable bonds is 7. The van der Waals surface area contributed by atoms with Crippen molar-refractivity contribution in [2.24, 2.45) is 0 Å². The van der Waals surface area contributed by atoms with Crippen LogP contribution in [0.4, 0.5) is 17.1 Å². The topological polar surface area (TPSA) is 29.5 Å². The van der Waals surface area contributed by atoms with Crippen LogP contribution < -0.4 is 4.90 Å². The van der Waals surface area contributed by atoms with Gasteiger partial charge in [0.2, 0.25) is 0 Å². The maximum atomic E-state index is 6.92. The van der Waals surface area contributed by atoms with Gasteiger partial charge in [-0.3, -0.25) is 0 Å². The zero-order chi connectivity index (χ0) is 37.7. The minimum Gasteiger partial charge on any atom is -0.455 e. The van der Waals surface area contributed by atoms with Crippen LogP contribution in [0.5, 0.6) is 0 Å². The van der Waals surface area contributed by atoms with Gasteiger partial charge in [0.1, 0.15) is 16.7 Å². The molecule has 3 heteroatoms. The Balaban J connectivity index is 1.16. The molecule has 0 bridgehead atoms. The zero-order valence-corrected chi connectivity index (χ0v) is 31.0. The SMILES string of the molecule is c1ccc(-c2cc(-c3ccccc3)cc(N(c3ccc(-c4cccc5c4oc4ccccc45)cc3)c3ccc(-c4ccccc4)c4c3oc3ccccc34)c2)cc1. The van der Waals surface area contributed by atoms with Gasteiger partial charge in [0.05, 0.1) is 5.69 Å². The van der Waals surface area contributed by atoms with E-state index >= 15 is 0 Å². The lowest BCUT2D eigenvalue weighted by molar-refractivity contribution is 0.669. The standard InChI is InChI=1S/C54H35NO2/c1-4-15-36(16-5-1)40-33-41(37-17-6-2-7-18-37)35-43(34-40)55(42-29-27-39(28-30-42)45-23-14-24-47-46-21-10-12-25-50(46)56-53(45)47)49-32-31-44(38-19-8-3-9-20-38)52-48-22-11-13-26-51(48)57-54(49)52/h1-35H. The number of hydrogen-bond donors (Lipinski definition) is 0. The molecule has 3 nitrogen and oxygen atoms in total. The minimum atomic E-state index is 0.833. The molecule has 57 heavy (non-hydrogen) atoms. The largest absolute Gasteiger partial charge is 0.455 e. The Bertz CT molecular complexity index is 3160. The van der Waals surface area contributed by atoms with Gasteiger partial charge in [-0.05, 0) is 87.5 Å². The first-order valence-corrected chi connectivity index (χ1v) is 19.3. The molecule has 0 saturated carbocycles. The van der Waals surface area contributed by atoms with Crippen molar-refractivity contribution >= 4 is 60.9 Å². The molecular weight excluding hydrogens is 695 g/mol. The molecule has 0 fully saturated rings. The summed E-state index contributed by atoms with van der Waals surface area (Å²) in [6, 6.07) is 75.1. The molecule has 268 valence electrons. The van der Waals surface area contributed by atoms with Crippen LogP contribution in [-0.2, 0) is 0 Å². The molecule has 2 aromatic heterocycles. The molecule has 0 aliphatic rings. The summed E-state index contributed by atoms with van der Waals surface area (Å²) in [6.45, 7) is 0. The summed E-state index contributed by atoms with van der Waals surface area (Å²) in [7, 11) is 0. The number of nitrogens with zero attached hydrogens (tertiary/aromatic N) is 1. The van der Waals surface area contributed by atoms with Crippen LogP contribution in [0.15, 0.2) is 221 Å². The molecule has 0 atom stereocenters. The number of anilines is 3. The first-order chi connectivity index (χ1) is 28.3. The van der Waals surface area contributed by atoms with Crippen molar-refractivity contribution in [3.63, 3.8) is 0 Å². The molecule has 0 aliphatic heterocycles. The Morgan fingerprint density at radius 1 is 0.298 bits per heavy atom. The van der Waals surface area contributed by atoms with Gasteiger partial charge in [-0.1, -0.05) is 164 Å². The van der Waals surface area contributed by atoms with E-state index < -0.39 is 0 Å². The van der Waals surface area contributed by atoms with Crippen molar-refractivity contribution in [3.8, 4) is 44.5 Å². The lowest BCUT2D eigenvalue weighted by Gasteiger charge is -2.27. The highest BCUT2D eigenvalue weighted by Gasteiger charge is 2.23. The van der Waals surface area contributed by atoms with Crippen LogP contribution >= 0.6 is 0 Å². The van der Waals surface area contributed by atoms with E-state index in [0.717, 1.165) is 105 Å². The van der Waals surface area contributed by atoms with Gasteiger partial charge in [0, 0.05) is 38.5 Å². The summed E-state index contributed by atoms with van der Waals surface area (Å²) >= 11 is 0. The summed E-state index contributed by atoms with van der Waals surface area (Å²) in [5.74, 6) is 0. The van der Waals surface area contributed by atoms with E-state index in [-0.39, 0.29) is 0 Å². The van der Waals surface area contributed by atoms with Crippen molar-refractivity contribution in [1.82, 2.24) is 0 Å². The highest BCUT2D eigenvalue weighted by atomic mass is 16.3. The molecule has 0 unspecified atom stereocenters. The van der Waals surface area contributed by atoms with Crippen LogP contribution in [-0.4, -0.2) is 0 Å². The number of furan rings is 2. The molecule has 0 amide bonds. The van der Waals surface area contributed by atoms with Gasteiger partial charge < -0.3 is 13.7 Å². The van der Waals surface area contributed by atoms with Crippen LogP contribution in [0.25, 0.3) is 88.4 Å². The maximum Gasteiger partial charge on any atom is 0.160 e. The molecule has 11 rings (SSSR count). The van der Waals surface area contributed by atoms with Gasteiger partial charge in [-0.25, -0.2) is 0 Å². The zero-order valence-electron chi connectivity index (χ0n) is 31.0. The third-order valence-corrected chi connectivity index (χ3v) is 11.1. The summed E-state index contributed by atoms with van der Waals surface area (Å²) < 4.78 is 13.4. The Labute approximate surface area is 330 Å². The molecule has 0 saturated heterocycles. The van der Waals surface area contributed by atoms with E-state index in [1.54, 1.807) is 0 Å². The fraction of sp³-hybridized carbons (Fsp3) is 0. The number of benzene rings is 9. The molecule has 2 heterocycles. The van der Waals surface area contributed by atoms with Crippen LogP contribution in [0.1, 0.15) is 0 Å². The van der Waals surface area contributed by atoms with E-state index in [4.69, 9.17) is 8.83 Å². The normalized spacial score (nSPS) is 11.5. The van der Waals surface area contributed by atoms with Gasteiger partial charge >= 0.3 is 0 Å². The molecule has 0 N–H and O–H groups in total. The maximum absolute atomic E-state index is 6.92. The molecule has 9 aromatic carbocycles. The summed E-state index contributed by atoms with van der Waals surface area (Å²) in [5, 5.41) is 4.42. The summed E-state index contributed by atoms with van der Waals surface area (Å²) in [4.78, 5) is 2.35. The Morgan fingerprint density at radius 3 is 1.49 bits per heavy atom. The average Bonchev–Trinajstić information content (AvgIpc) is 3.87. The van der Waals surface area contributed by atoms with Crippen molar-refractivity contribution in [2.45, 2.75) is 0 Å². The first kappa shape index (κ1) is 32.8. The third kappa shape index (κ3) is 5.68. The number of hydrogen-bond acceptors (Lipinski definition) is 3. The van der Waals surface area contributed by atoms with Gasteiger partial charge in [0.15, 0.2) is 5.58 Å². The third-order valence-electron chi connectivity index (χ3n) is 11.1. The first-order valence-electron chi connectivity index (χ1n) is 19.3. The molecule has 11 aromatic rings. The fourth-order valence-corrected chi connectivity index (χ4v) is 8.38. The summed E-state index contributed by atoms with van der Waals surface area (Å²) in [5.41, 5.74) is 15.5. The number of fused-ring (bicyclic) bond motifs is 6. The van der Waals surface area contributed by atoms with E-state index in [1.807, 2.05) is 18.2 Å². The van der Waals surface area contributed by atoms with Crippen molar-refractivity contribution in [1.29, 1.82) is 0 Å². The molecular formula is C54H35NO2. The minimum absolute atomic E-state index is 0.833. The Kier molecular flexibility index (Phi) is 7.82. The van der Waals surface area contributed by atoms with E-state index in [1.165, 1.54) is 0 Å². The van der Waals surface area contributed by atoms with Crippen LogP contribution in [0.3, 0.4) is 0 Å². The van der Waals surface area contributed by atoms with Crippen molar-refractivity contribution in [3.05, 3.63) is 212 Å². The smallest absolute Gasteiger partial charge is 0.160 e. The highest BCUT2D eigenvalue weighted by molar-refractivity contribution is 6.17. The fourth-order valence-electron chi connectivity index (χ4n) is 8.38. The van der Waals surface area contributed by atoms with Crippen molar-refractivity contribution in [2.75, 3.05) is 4.90 Å². The second-order valence-electron chi connectivity index (χ2n) is 14.5. The van der Waals surface area contributed by atoms with E-state index in [0.29, 0.717) is 0 Å². The molecule has 0 radical (unpaired) electrons. The quantitative estimate of drug-likeness (QED) is 0.164. The van der Waals surface area contributed by atoms with Gasteiger partial charge in [-0.2, -0.15) is 0 Å². The van der Waals surface area contributed by atoms with Gasteiger partial charge in [0.25, 0.3) is 0 Å². The molecule has 0 spiro atoms.